The van der Waals surface area contributed by atoms with Crippen molar-refractivity contribution in [3.63, 3.8) is 0 Å². The van der Waals surface area contributed by atoms with Gasteiger partial charge < -0.3 is 9.84 Å². The van der Waals surface area contributed by atoms with Crippen LogP contribution in [-0.2, 0) is 9.84 Å². The maximum atomic E-state index is 14.6. The van der Waals surface area contributed by atoms with Crippen LogP contribution in [0.1, 0.15) is 0 Å². The quantitative estimate of drug-likeness (QED) is 0.371. The number of rotatable bonds is 4. The third kappa shape index (κ3) is 2.71. The lowest BCUT2D eigenvalue weighted by Gasteiger charge is -2.24. The van der Waals surface area contributed by atoms with Crippen LogP contribution < -0.4 is 4.74 Å². The number of hydrogen-bond acceptors (Lipinski definition) is 6. The van der Waals surface area contributed by atoms with E-state index in [2.05, 4.69) is 4.74 Å². The van der Waals surface area contributed by atoms with E-state index in [1.54, 1.807) is 0 Å². The maximum Gasteiger partial charge on any atom is 0.432 e. The van der Waals surface area contributed by atoms with E-state index in [4.69, 9.17) is 0 Å². The molecule has 25 heavy (non-hydrogen) atoms. The van der Waals surface area contributed by atoms with Gasteiger partial charge in [-0.15, -0.1) is 0 Å². The Bertz CT molecular complexity index is 913. The minimum Gasteiger partial charge on any atom is -0.504 e. The van der Waals surface area contributed by atoms with E-state index in [1.807, 2.05) is 0 Å². The molecule has 2 rings (SSSR count). The Kier molecular flexibility index (Phi) is 4.51. The molecule has 1 N–H and O–H groups in total. The van der Waals surface area contributed by atoms with Gasteiger partial charge in [-0.1, -0.05) is 0 Å². The van der Waals surface area contributed by atoms with Gasteiger partial charge in [0.05, 0.1) is 16.9 Å². The zero-order chi connectivity index (χ0) is 19.2. The summed E-state index contributed by atoms with van der Waals surface area (Å²) in [7, 11) is -4.30. The second kappa shape index (κ2) is 6.02. The molecular formula is C13H9F4NO6S. The summed E-state index contributed by atoms with van der Waals surface area (Å²) in [6.07, 6.45) is -3.76. The van der Waals surface area contributed by atoms with Crippen molar-refractivity contribution in [3.05, 3.63) is 50.9 Å². The fourth-order valence-corrected chi connectivity index (χ4v) is 3.79. The molecule has 0 bridgehead atoms. The molecule has 0 aliphatic heterocycles. The molecular weight excluding hydrogens is 374 g/mol. The van der Waals surface area contributed by atoms with Crippen LogP contribution in [0.5, 0.6) is 11.5 Å². The molecule has 136 valence electrons. The molecule has 0 amide bonds. The summed E-state index contributed by atoms with van der Waals surface area (Å²) >= 11 is 0. The van der Waals surface area contributed by atoms with Gasteiger partial charge in [-0.3, -0.25) is 10.1 Å². The normalized spacial score (nSPS) is 24.0. The first-order chi connectivity index (χ1) is 11.5. The first-order valence-corrected chi connectivity index (χ1v) is 7.83. The number of methoxy groups -OCH3 is 1. The fraction of sp³-hybridized carbons (Fsp3) is 0.231. The lowest BCUT2D eigenvalue weighted by Crippen LogP contribution is -2.48. The summed E-state index contributed by atoms with van der Waals surface area (Å²) in [6.45, 7) is 0. The number of benzene rings is 1. The molecule has 0 aromatic heterocycles. The van der Waals surface area contributed by atoms with Crippen LogP contribution in [0.15, 0.2) is 45.7 Å². The summed E-state index contributed by atoms with van der Waals surface area (Å²) in [5.74, 6) is -10.1. The number of sulfone groups is 1. The average molecular weight is 383 g/mol. The Morgan fingerprint density at radius 3 is 2.44 bits per heavy atom. The molecule has 2 atom stereocenters. The van der Waals surface area contributed by atoms with Gasteiger partial charge in [-0.25, -0.2) is 21.6 Å². The topological polar surface area (TPSA) is 107 Å². The molecule has 0 saturated heterocycles. The van der Waals surface area contributed by atoms with E-state index in [-0.39, 0.29) is 11.8 Å². The second-order valence-corrected chi connectivity index (χ2v) is 6.71. The summed E-state index contributed by atoms with van der Waals surface area (Å²) < 4.78 is 85.1. The molecule has 7 nitrogen and oxygen atoms in total. The average Bonchev–Trinajstić information content (AvgIpc) is 2.52. The van der Waals surface area contributed by atoms with Crippen LogP contribution in [0, 0.1) is 10.1 Å². The van der Waals surface area contributed by atoms with Crippen molar-refractivity contribution in [2.75, 3.05) is 7.11 Å². The minimum absolute atomic E-state index is 0.215. The molecule has 1 aromatic rings. The number of ether oxygens (including phenoxy) is 1. The predicted molar refractivity (Wildman–Crippen MR) is 74.9 cm³/mol. The number of allylic oxidation sites excluding steroid dienone is 2. The van der Waals surface area contributed by atoms with Gasteiger partial charge in [0.15, 0.2) is 23.2 Å². The molecule has 1 aliphatic rings. The van der Waals surface area contributed by atoms with Gasteiger partial charge >= 0.3 is 5.79 Å². The van der Waals surface area contributed by atoms with Crippen LogP contribution >= 0.6 is 0 Å². The van der Waals surface area contributed by atoms with E-state index in [0.717, 1.165) is 13.2 Å². The molecule has 1 aliphatic carbocycles. The Hall–Kier alpha value is -2.63. The van der Waals surface area contributed by atoms with Gasteiger partial charge in [-0.05, 0) is 18.2 Å². The first-order valence-electron chi connectivity index (χ1n) is 6.35. The minimum atomic E-state index is -5.43. The van der Waals surface area contributed by atoms with Gasteiger partial charge in [-0.2, -0.15) is 4.39 Å². The van der Waals surface area contributed by atoms with E-state index in [0.29, 0.717) is 12.1 Å². The molecule has 0 saturated carbocycles. The molecule has 0 fully saturated rings. The van der Waals surface area contributed by atoms with Crippen molar-refractivity contribution >= 4 is 9.84 Å². The second-order valence-electron chi connectivity index (χ2n) is 4.83. The molecule has 2 unspecified atom stereocenters. The van der Waals surface area contributed by atoms with Gasteiger partial charge in [0.1, 0.15) is 0 Å². The number of halogens is 4. The third-order valence-electron chi connectivity index (χ3n) is 3.38. The summed E-state index contributed by atoms with van der Waals surface area (Å²) in [5, 5.41) is 20.5. The third-order valence-corrected chi connectivity index (χ3v) is 5.26. The van der Waals surface area contributed by atoms with Crippen LogP contribution in [0.25, 0.3) is 0 Å². The first kappa shape index (κ1) is 18.7. The largest absolute Gasteiger partial charge is 0.504 e. The number of phenolic OH excluding ortho intramolecular Hbond substituents is 1. The zero-order valence-electron chi connectivity index (χ0n) is 12.2. The molecule has 1 aromatic carbocycles. The van der Waals surface area contributed by atoms with E-state index < -0.39 is 53.9 Å². The van der Waals surface area contributed by atoms with Crippen LogP contribution in [-0.4, -0.2) is 37.5 Å². The molecule has 0 heterocycles. The van der Waals surface area contributed by atoms with Crippen molar-refractivity contribution in [3.8, 4) is 11.5 Å². The molecule has 12 heteroatoms. The summed E-state index contributed by atoms with van der Waals surface area (Å²) in [6, 6.07) is 2.05. The summed E-state index contributed by atoms with van der Waals surface area (Å²) in [4.78, 5) is 5.54. The number of hydrogen-bond donors (Lipinski definition) is 1. The Balaban J connectivity index is 2.78. The lowest BCUT2D eigenvalue weighted by molar-refractivity contribution is -0.598. The molecule has 0 radical (unpaired) electrons. The van der Waals surface area contributed by atoms with Crippen LogP contribution in [0.4, 0.5) is 17.6 Å². The Morgan fingerprint density at radius 1 is 1.36 bits per heavy atom. The highest BCUT2D eigenvalue weighted by atomic mass is 32.2. The number of nitro groups is 1. The predicted octanol–water partition coefficient (Wildman–Crippen LogP) is 2.50. The fourth-order valence-electron chi connectivity index (χ4n) is 2.14. The number of alkyl halides is 2. The smallest absolute Gasteiger partial charge is 0.432 e. The maximum absolute atomic E-state index is 14.6. The zero-order valence-corrected chi connectivity index (χ0v) is 13.1. The number of aromatic hydroxyl groups is 1. The Morgan fingerprint density at radius 2 is 1.96 bits per heavy atom. The van der Waals surface area contributed by atoms with Gasteiger partial charge in [0.25, 0.3) is 0 Å². The van der Waals surface area contributed by atoms with Crippen molar-refractivity contribution in [2.24, 2.45) is 0 Å². The highest BCUT2D eigenvalue weighted by Gasteiger charge is 2.64. The SMILES string of the molecule is COc1ccc(S(=O)(=O)C2=C(F)C(F)=CC(F)C2(F)[N+](=O)[O-])cc1O. The van der Waals surface area contributed by atoms with Gasteiger partial charge in [0.2, 0.25) is 20.9 Å². The lowest BCUT2D eigenvalue weighted by atomic mass is 10.0. The Labute approximate surface area is 137 Å². The van der Waals surface area contributed by atoms with E-state index in [1.165, 1.54) is 0 Å². The number of phenols is 1. The highest BCUT2D eigenvalue weighted by Crippen LogP contribution is 2.45. The van der Waals surface area contributed by atoms with Crippen molar-refractivity contribution in [2.45, 2.75) is 16.9 Å². The highest BCUT2D eigenvalue weighted by molar-refractivity contribution is 7.95. The van der Waals surface area contributed by atoms with Gasteiger partial charge in [0, 0.05) is 6.07 Å². The van der Waals surface area contributed by atoms with Crippen molar-refractivity contribution in [1.82, 2.24) is 0 Å². The van der Waals surface area contributed by atoms with Crippen LogP contribution in [0.2, 0.25) is 0 Å². The van der Waals surface area contributed by atoms with E-state index >= 15 is 0 Å². The van der Waals surface area contributed by atoms with E-state index in [9.17, 15) is 41.2 Å². The number of nitrogens with zero attached hydrogens (tertiary/aromatic N) is 1. The summed E-state index contributed by atoms with van der Waals surface area (Å²) in [5.41, 5.74) is 0. The standard InChI is InChI=1S/C13H9F4NO6S/c1-24-9-3-2-6(4-8(9)19)25(22,23)12-11(16)7(14)5-10(15)13(12,17)18(20)21/h2-5,10,19H,1H3. The van der Waals surface area contributed by atoms with Crippen LogP contribution in [0.3, 0.4) is 0 Å². The molecule has 0 spiro atoms. The van der Waals surface area contributed by atoms with Crippen molar-refractivity contribution < 1.29 is 40.7 Å². The van der Waals surface area contributed by atoms with Crippen molar-refractivity contribution in [1.29, 1.82) is 0 Å². The monoisotopic (exact) mass is 383 g/mol.